The fraction of sp³-hybridized carbons (Fsp3) is 1.00. The highest BCUT2D eigenvalue weighted by atomic mass is 16.7. The lowest BCUT2D eigenvalue weighted by atomic mass is 9.95. The van der Waals surface area contributed by atoms with E-state index in [0.29, 0.717) is 6.04 Å². The number of hydrogen-bond donors (Lipinski definition) is 1. The molecule has 3 atom stereocenters. The number of fused-ring (bicyclic) bond motifs is 1. The second kappa shape index (κ2) is 6.85. The van der Waals surface area contributed by atoms with Crippen LogP contribution in [0.15, 0.2) is 0 Å². The van der Waals surface area contributed by atoms with Crippen LogP contribution in [0.2, 0.25) is 0 Å². The van der Waals surface area contributed by atoms with E-state index in [0.717, 1.165) is 38.0 Å². The lowest BCUT2D eigenvalue weighted by molar-refractivity contribution is -0.142. The molecule has 0 aromatic carbocycles. The van der Waals surface area contributed by atoms with Crippen molar-refractivity contribution in [2.24, 2.45) is 11.8 Å². The summed E-state index contributed by atoms with van der Waals surface area (Å²) in [5.41, 5.74) is 0. The molecule has 0 aromatic rings. The molecule has 106 valence electrons. The normalized spacial score (nSPS) is 32.3. The Morgan fingerprint density at radius 1 is 1.22 bits per heavy atom. The molecule has 1 N–H and O–H groups in total. The van der Waals surface area contributed by atoms with Gasteiger partial charge in [-0.3, -0.25) is 4.90 Å². The quantitative estimate of drug-likeness (QED) is 0.697. The summed E-state index contributed by atoms with van der Waals surface area (Å²) in [6, 6.07) is 0.703. The third-order valence-corrected chi connectivity index (χ3v) is 4.41. The molecule has 0 aliphatic carbocycles. The fourth-order valence-corrected chi connectivity index (χ4v) is 3.41. The predicted molar refractivity (Wildman–Crippen MR) is 72.5 cm³/mol. The van der Waals surface area contributed by atoms with E-state index in [4.69, 9.17) is 9.47 Å². The van der Waals surface area contributed by atoms with Gasteiger partial charge in [-0.15, -0.1) is 0 Å². The second-order valence-electron chi connectivity index (χ2n) is 5.45. The van der Waals surface area contributed by atoms with Gasteiger partial charge in [0.15, 0.2) is 6.29 Å². The smallest absolute Gasteiger partial charge is 0.158 e. The van der Waals surface area contributed by atoms with Gasteiger partial charge in [0.1, 0.15) is 0 Å². The summed E-state index contributed by atoms with van der Waals surface area (Å²) in [6.07, 6.45) is 0.963. The largest absolute Gasteiger partial charge is 0.353 e. The van der Waals surface area contributed by atoms with E-state index in [1.807, 2.05) is 13.8 Å². The second-order valence-corrected chi connectivity index (χ2v) is 5.45. The van der Waals surface area contributed by atoms with Crippen LogP contribution < -0.4 is 5.32 Å². The number of likely N-dealkylation sites (tertiary alicyclic amines) is 1. The number of nitrogens with zero attached hydrogens (tertiary/aromatic N) is 1. The number of rotatable bonds is 7. The zero-order valence-corrected chi connectivity index (χ0v) is 12.0. The molecule has 2 saturated heterocycles. The highest BCUT2D eigenvalue weighted by molar-refractivity contribution is 4.96. The van der Waals surface area contributed by atoms with Crippen LogP contribution in [0.3, 0.4) is 0 Å². The molecule has 18 heavy (non-hydrogen) atoms. The van der Waals surface area contributed by atoms with E-state index in [9.17, 15) is 0 Å². The van der Waals surface area contributed by atoms with Crippen molar-refractivity contribution in [1.29, 1.82) is 0 Å². The SMILES string of the molecule is CCOC(CCN1CC2CNCC2C1C)OCC. The van der Waals surface area contributed by atoms with E-state index >= 15 is 0 Å². The molecule has 4 nitrogen and oxygen atoms in total. The highest BCUT2D eigenvalue weighted by Crippen LogP contribution is 2.32. The van der Waals surface area contributed by atoms with Gasteiger partial charge >= 0.3 is 0 Å². The minimum absolute atomic E-state index is 0.0224. The van der Waals surface area contributed by atoms with Crippen molar-refractivity contribution in [3.8, 4) is 0 Å². The zero-order valence-electron chi connectivity index (χ0n) is 12.0. The first-order valence-corrected chi connectivity index (χ1v) is 7.44. The first kappa shape index (κ1) is 14.3. The Morgan fingerprint density at radius 2 is 1.94 bits per heavy atom. The minimum atomic E-state index is -0.0224. The van der Waals surface area contributed by atoms with Crippen LogP contribution in [0.1, 0.15) is 27.2 Å². The van der Waals surface area contributed by atoms with Crippen molar-refractivity contribution in [1.82, 2.24) is 10.2 Å². The Kier molecular flexibility index (Phi) is 5.42. The third kappa shape index (κ3) is 3.23. The van der Waals surface area contributed by atoms with Crippen LogP contribution in [0.5, 0.6) is 0 Å². The van der Waals surface area contributed by atoms with Crippen LogP contribution in [-0.2, 0) is 9.47 Å². The molecule has 2 rings (SSSR count). The monoisotopic (exact) mass is 256 g/mol. The summed E-state index contributed by atoms with van der Waals surface area (Å²) in [6.45, 7) is 12.6. The van der Waals surface area contributed by atoms with E-state index in [1.54, 1.807) is 0 Å². The Morgan fingerprint density at radius 3 is 2.56 bits per heavy atom. The van der Waals surface area contributed by atoms with Gasteiger partial charge in [0.25, 0.3) is 0 Å². The zero-order chi connectivity index (χ0) is 13.0. The van der Waals surface area contributed by atoms with Gasteiger partial charge in [0, 0.05) is 38.8 Å². The summed E-state index contributed by atoms with van der Waals surface area (Å²) in [5, 5.41) is 3.50. The van der Waals surface area contributed by atoms with Crippen molar-refractivity contribution < 1.29 is 9.47 Å². The molecule has 2 heterocycles. The van der Waals surface area contributed by atoms with Gasteiger partial charge in [-0.05, 0) is 45.7 Å². The number of ether oxygens (including phenoxy) is 2. The lowest BCUT2D eigenvalue weighted by Crippen LogP contribution is -2.36. The molecule has 0 radical (unpaired) electrons. The average Bonchev–Trinajstić information content (AvgIpc) is 2.91. The summed E-state index contributed by atoms with van der Waals surface area (Å²) in [7, 11) is 0. The maximum Gasteiger partial charge on any atom is 0.158 e. The molecule has 0 spiro atoms. The van der Waals surface area contributed by atoms with Crippen molar-refractivity contribution in [2.75, 3.05) is 39.4 Å². The summed E-state index contributed by atoms with van der Waals surface area (Å²) in [4.78, 5) is 2.61. The minimum Gasteiger partial charge on any atom is -0.353 e. The van der Waals surface area contributed by atoms with Crippen LogP contribution in [0, 0.1) is 11.8 Å². The highest BCUT2D eigenvalue weighted by Gasteiger charge is 2.41. The Hall–Kier alpha value is -0.160. The summed E-state index contributed by atoms with van der Waals surface area (Å²) >= 11 is 0. The van der Waals surface area contributed by atoms with Gasteiger partial charge in [0.05, 0.1) is 0 Å². The van der Waals surface area contributed by atoms with Gasteiger partial charge < -0.3 is 14.8 Å². The third-order valence-electron chi connectivity index (χ3n) is 4.41. The first-order chi connectivity index (χ1) is 8.76. The molecule has 4 heteroatoms. The molecule has 2 fully saturated rings. The fourth-order valence-electron chi connectivity index (χ4n) is 3.41. The Balaban J connectivity index is 1.76. The molecule has 2 aliphatic rings. The van der Waals surface area contributed by atoms with Gasteiger partial charge in [-0.2, -0.15) is 0 Å². The number of hydrogen-bond acceptors (Lipinski definition) is 4. The molecule has 3 unspecified atom stereocenters. The van der Waals surface area contributed by atoms with E-state index < -0.39 is 0 Å². The van der Waals surface area contributed by atoms with E-state index in [-0.39, 0.29) is 6.29 Å². The van der Waals surface area contributed by atoms with Crippen molar-refractivity contribution >= 4 is 0 Å². The van der Waals surface area contributed by atoms with E-state index in [2.05, 4.69) is 17.1 Å². The number of nitrogens with one attached hydrogen (secondary N) is 1. The Bertz CT molecular complexity index is 244. The molecule has 0 bridgehead atoms. The van der Waals surface area contributed by atoms with E-state index in [1.165, 1.54) is 19.6 Å². The summed E-state index contributed by atoms with van der Waals surface area (Å²) in [5.74, 6) is 1.71. The standard InChI is InChI=1S/C14H28N2O2/c1-4-17-14(18-5-2)6-7-16-10-12-8-15-9-13(12)11(16)3/h11-15H,4-10H2,1-3H3. The molecule has 0 saturated carbocycles. The first-order valence-electron chi connectivity index (χ1n) is 7.44. The van der Waals surface area contributed by atoms with Gasteiger partial charge in [0.2, 0.25) is 0 Å². The van der Waals surface area contributed by atoms with Gasteiger partial charge in [-0.25, -0.2) is 0 Å². The van der Waals surface area contributed by atoms with Crippen LogP contribution in [-0.4, -0.2) is 56.6 Å². The topological polar surface area (TPSA) is 33.7 Å². The Labute approximate surface area is 111 Å². The lowest BCUT2D eigenvalue weighted by Gasteiger charge is -2.26. The van der Waals surface area contributed by atoms with Crippen LogP contribution in [0.4, 0.5) is 0 Å². The van der Waals surface area contributed by atoms with Crippen molar-refractivity contribution in [2.45, 2.75) is 39.5 Å². The molecule has 0 aromatic heterocycles. The average molecular weight is 256 g/mol. The maximum absolute atomic E-state index is 5.61. The predicted octanol–water partition coefficient (Wildman–Crippen LogP) is 1.32. The molecular formula is C14H28N2O2. The summed E-state index contributed by atoms with van der Waals surface area (Å²) < 4.78 is 11.2. The van der Waals surface area contributed by atoms with Crippen molar-refractivity contribution in [3.05, 3.63) is 0 Å². The van der Waals surface area contributed by atoms with Crippen LogP contribution >= 0.6 is 0 Å². The van der Waals surface area contributed by atoms with Crippen LogP contribution in [0.25, 0.3) is 0 Å². The molecular weight excluding hydrogens is 228 g/mol. The van der Waals surface area contributed by atoms with Gasteiger partial charge in [-0.1, -0.05) is 0 Å². The molecule has 0 amide bonds. The maximum atomic E-state index is 5.61. The van der Waals surface area contributed by atoms with Crippen molar-refractivity contribution in [3.63, 3.8) is 0 Å². The molecule has 2 aliphatic heterocycles.